The second-order valence-corrected chi connectivity index (χ2v) is 6.91. The molecule has 2 unspecified atom stereocenters. The fourth-order valence-electron chi connectivity index (χ4n) is 4.31. The van der Waals surface area contributed by atoms with Gasteiger partial charge in [-0.15, -0.1) is 17.0 Å². The van der Waals surface area contributed by atoms with Crippen LogP contribution in [0.4, 0.5) is 0 Å². The predicted octanol–water partition coefficient (Wildman–Crippen LogP) is 3.79. The molecule has 1 aromatic heterocycles. The van der Waals surface area contributed by atoms with E-state index in [1.807, 2.05) is 18.2 Å². The van der Waals surface area contributed by atoms with Gasteiger partial charge >= 0.3 is 0 Å². The summed E-state index contributed by atoms with van der Waals surface area (Å²) >= 11 is 0. The van der Waals surface area contributed by atoms with Gasteiger partial charge in [0.15, 0.2) is 11.5 Å². The van der Waals surface area contributed by atoms with E-state index in [1.165, 1.54) is 44.5 Å². The first-order valence-electron chi connectivity index (χ1n) is 8.41. The molecule has 0 aliphatic carbocycles. The average molecular weight is 389 g/mol. The number of benzene rings is 1. The van der Waals surface area contributed by atoms with Gasteiger partial charge in [0.2, 0.25) is 6.79 Å². The van der Waals surface area contributed by atoms with Crippen molar-refractivity contribution in [3.05, 3.63) is 42.1 Å². The number of pyridine rings is 1. The Bertz CT molecular complexity index is 746. The lowest BCUT2D eigenvalue weighted by atomic mass is 9.75. The molecule has 0 saturated carbocycles. The summed E-state index contributed by atoms with van der Waals surface area (Å²) in [5.41, 5.74) is 3.83. The van der Waals surface area contributed by atoms with E-state index in [9.17, 15) is 0 Å². The summed E-state index contributed by atoms with van der Waals surface area (Å²) in [7, 11) is 0. The molecule has 0 radical (unpaired) electrons. The van der Waals surface area contributed by atoms with Crippen LogP contribution < -0.4 is 9.47 Å². The highest BCUT2D eigenvalue weighted by molar-refractivity contribution is 8.93. The minimum atomic E-state index is 0. The Kier molecular flexibility index (Phi) is 4.01. The van der Waals surface area contributed by atoms with Crippen molar-refractivity contribution in [1.82, 2.24) is 9.88 Å². The highest BCUT2D eigenvalue weighted by atomic mass is 79.9. The molecule has 0 amide bonds. The van der Waals surface area contributed by atoms with Gasteiger partial charge in [-0.05, 0) is 62.2 Å². The molecule has 4 heterocycles. The average Bonchev–Trinajstić information content (AvgIpc) is 3.19. The highest BCUT2D eigenvalue weighted by Gasteiger charge is 2.42. The van der Waals surface area contributed by atoms with Crippen LogP contribution in [0.2, 0.25) is 0 Å². The second-order valence-electron chi connectivity index (χ2n) is 6.91. The Morgan fingerprint density at radius 3 is 2.79 bits per heavy atom. The number of rotatable bonds is 2. The molecular formula is C19H21BrN2O2. The predicted molar refractivity (Wildman–Crippen MR) is 98.1 cm³/mol. The SMILES string of the molecule is Br.c1cc2c(cc1-c1ccc(C34CCCN(CC3)C4)cn1)OCO2. The third-order valence-electron chi connectivity index (χ3n) is 5.61. The maximum Gasteiger partial charge on any atom is 0.231 e. The highest BCUT2D eigenvalue weighted by Crippen LogP contribution is 2.42. The molecule has 3 aliphatic rings. The first-order valence-corrected chi connectivity index (χ1v) is 8.41. The molecule has 2 saturated heterocycles. The molecule has 4 nitrogen and oxygen atoms in total. The lowest BCUT2D eigenvalue weighted by Gasteiger charge is -2.34. The minimum absolute atomic E-state index is 0. The summed E-state index contributed by atoms with van der Waals surface area (Å²) in [6.45, 7) is 4.02. The molecule has 0 spiro atoms. The molecule has 2 aromatic rings. The Labute approximate surface area is 152 Å². The minimum Gasteiger partial charge on any atom is -0.454 e. The van der Waals surface area contributed by atoms with Crippen LogP contribution in [0.15, 0.2) is 36.5 Å². The van der Waals surface area contributed by atoms with Gasteiger partial charge in [-0.3, -0.25) is 4.98 Å². The summed E-state index contributed by atoms with van der Waals surface area (Å²) in [4.78, 5) is 7.34. The zero-order chi connectivity index (χ0) is 15.3. The van der Waals surface area contributed by atoms with Crippen LogP contribution in [0.3, 0.4) is 0 Å². The van der Waals surface area contributed by atoms with E-state index >= 15 is 0 Å². The molecule has 2 fully saturated rings. The molecule has 5 rings (SSSR count). The van der Waals surface area contributed by atoms with Gasteiger partial charge in [0.05, 0.1) is 5.69 Å². The van der Waals surface area contributed by atoms with Gasteiger partial charge in [-0.25, -0.2) is 0 Å². The van der Waals surface area contributed by atoms with Crippen LogP contribution in [-0.4, -0.2) is 36.3 Å². The molecule has 24 heavy (non-hydrogen) atoms. The van der Waals surface area contributed by atoms with Crippen LogP contribution in [0.1, 0.15) is 24.8 Å². The number of hydrogen-bond acceptors (Lipinski definition) is 4. The van der Waals surface area contributed by atoms with Crippen molar-refractivity contribution in [1.29, 1.82) is 0 Å². The van der Waals surface area contributed by atoms with Crippen LogP contribution in [0, 0.1) is 0 Å². The number of aromatic nitrogens is 1. The van der Waals surface area contributed by atoms with Crippen molar-refractivity contribution in [2.45, 2.75) is 24.7 Å². The number of nitrogens with zero attached hydrogens (tertiary/aromatic N) is 2. The fraction of sp³-hybridized carbons (Fsp3) is 0.421. The Balaban J connectivity index is 0.00000146. The maximum absolute atomic E-state index is 5.46. The zero-order valence-electron chi connectivity index (χ0n) is 13.5. The van der Waals surface area contributed by atoms with E-state index in [2.05, 4.69) is 23.2 Å². The summed E-state index contributed by atoms with van der Waals surface area (Å²) in [6.07, 6.45) is 5.98. The number of fused-ring (bicyclic) bond motifs is 3. The van der Waals surface area contributed by atoms with E-state index in [1.54, 1.807) is 0 Å². The van der Waals surface area contributed by atoms with E-state index in [4.69, 9.17) is 14.5 Å². The summed E-state index contributed by atoms with van der Waals surface area (Å²) in [6, 6.07) is 10.5. The molecular weight excluding hydrogens is 368 g/mol. The zero-order valence-corrected chi connectivity index (χ0v) is 15.2. The van der Waals surface area contributed by atoms with Crippen molar-refractivity contribution in [3.8, 4) is 22.8 Å². The summed E-state index contributed by atoms with van der Waals surface area (Å²) in [5, 5.41) is 0. The number of hydrogen-bond donors (Lipinski definition) is 0. The van der Waals surface area contributed by atoms with Crippen LogP contribution in [0.25, 0.3) is 11.3 Å². The molecule has 3 aliphatic heterocycles. The third-order valence-corrected chi connectivity index (χ3v) is 5.61. The van der Waals surface area contributed by atoms with Crippen LogP contribution in [-0.2, 0) is 5.41 Å². The lowest BCUT2D eigenvalue weighted by molar-refractivity contribution is 0.174. The Morgan fingerprint density at radius 2 is 1.92 bits per heavy atom. The molecule has 1 aromatic carbocycles. The molecule has 0 N–H and O–H groups in total. The molecule has 126 valence electrons. The first-order chi connectivity index (χ1) is 11.3. The first kappa shape index (κ1) is 15.9. The van der Waals surface area contributed by atoms with E-state index < -0.39 is 0 Å². The Hall–Kier alpha value is -1.59. The largest absolute Gasteiger partial charge is 0.454 e. The van der Waals surface area contributed by atoms with Gasteiger partial charge in [0.25, 0.3) is 0 Å². The summed E-state index contributed by atoms with van der Waals surface area (Å²) in [5.74, 6) is 1.63. The standard InChI is InChI=1S/C19H20N2O2.BrH/c1-6-19(7-9-21(8-1)12-19)15-3-4-16(20-11-15)14-2-5-17-18(10-14)23-13-22-17;/h2-5,10-11H,1,6-9,12-13H2;1H. The van der Waals surface area contributed by atoms with Gasteiger partial charge < -0.3 is 14.4 Å². The molecule has 2 atom stereocenters. The lowest BCUT2D eigenvalue weighted by Crippen LogP contribution is -2.36. The topological polar surface area (TPSA) is 34.6 Å². The normalized spacial score (nSPS) is 26.9. The molecule has 2 bridgehead atoms. The van der Waals surface area contributed by atoms with Gasteiger partial charge in [-0.1, -0.05) is 6.07 Å². The number of halogens is 1. The van der Waals surface area contributed by atoms with Crippen LogP contribution >= 0.6 is 17.0 Å². The van der Waals surface area contributed by atoms with Gasteiger partial charge in [0, 0.05) is 23.7 Å². The number of piperidine rings is 1. The van der Waals surface area contributed by atoms with E-state index in [0.29, 0.717) is 12.2 Å². The van der Waals surface area contributed by atoms with E-state index in [-0.39, 0.29) is 17.0 Å². The van der Waals surface area contributed by atoms with Crippen molar-refractivity contribution in [3.63, 3.8) is 0 Å². The smallest absolute Gasteiger partial charge is 0.231 e. The van der Waals surface area contributed by atoms with Gasteiger partial charge in [0.1, 0.15) is 0 Å². The molecule has 5 heteroatoms. The van der Waals surface area contributed by atoms with Crippen molar-refractivity contribution < 1.29 is 9.47 Å². The monoisotopic (exact) mass is 388 g/mol. The maximum atomic E-state index is 5.46. The fourth-order valence-corrected chi connectivity index (χ4v) is 4.31. The van der Waals surface area contributed by atoms with Gasteiger partial charge in [-0.2, -0.15) is 0 Å². The summed E-state index contributed by atoms with van der Waals surface area (Å²) < 4.78 is 10.8. The van der Waals surface area contributed by atoms with Crippen molar-refractivity contribution >= 4 is 17.0 Å². The number of ether oxygens (including phenoxy) is 2. The third kappa shape index (κ3) is 2.50. The van der Waals surface area contributed by atoms with E-state index in [0.717, 1.165) is 22.8 Å². The quantitative estimate of drug-likeness (QED) is 0.783. The second kappa shape index (κ2) is 6.05. The Morgan fingerprint density at radius 1 is 1.00 bits per heavy atom. The van der Waals surface area contributed by atoms with Crippen molar-refractivity contribution in [2.24, 2.45) is 0 Å². The van der Waals surface area contributed by atoms with Crippen LogP contribution in [0.5, 0.6) is 11.5 Å². The van der Waals surface area contributed by atoms with Crippen molar-refractivity contribution in [2.75, 3.05) is 26.4 Å².